The number of anilines is 2. The van der Waals surface area contributed by atoms with E-state index in [2.05, 4.69) is 10.6 Å². The number of aromatic carboxylic acids is 1. The molecule has 5 N–H and O–H groups in total. The first-order chi connectivity index (χ1) is 20.3. The number of aromatic hydroxyl groups is 2. The van der Waals surface area contributed by atoms with Gasteiger partial charge in [-0.2, -0.15) is 0 Å². The third kappa shape index (κ3) is 6.47. The van der Waals surface area contributed by atoms with Crippen molar-refractivity contribution < 1.29 is 47.7 Å². The second-order valence-electron chi connectivity index (χ2n) is 9.30. The summed E-state index contributed by atoms with van der Waals surface area (Å²) in [5.41, 5.74) is 0.623. The minimum atomic E-state index is -4.30. The number of hydrogen-bond donors (Lipinski definition) is 5. The zero-order valence-corrected chi connectivity index (χ0v) is 23.4. The van der Waals surface area contributed by atoms with E-state index in [9.17, 15) is 42.9 Å². The maximum atomic E-state index is 13.5. The molecule has 13 heteroatoms. The molecule has 0 aliphatic heterocycles. The highest BCUT2D eigenvalue weighted by Crippen LogP contribution is 2.33. The van der Waals surface area contributed by atoms with Crippen molar-refractivity contribution >= 4 is 45.5 Å². The van der Waals surface area contributed by atoms with Gasteiger partial charge < -0.3 is 30.7 Å². The van der Waals surface area contributed by atoms with Crippen LogP contribution in [0.1, 0.15) is 42.2 Å². The van der Waals surface area contributed by atoms with E-state index in [1.54, 1.807) is 6.92 Å². The molecule has 0 heterocycles. The Bertz CT molecular complexity index is 1900. The van der Waals surface area contributed by atoms with E-state index < -0.39 is 39.1 Å². The van der Waals surface area contributed by atoms with Crippen LogP contribution in [-0.4, -0.2) is 48.0 Å². The van der Waals surface area contributed by atoms with Gasteiger partial charge >= 0.3 is 5.97 Å². The first-order valence-corrected chi connectivity index (χ1v) is 13.9. The van der Waals surface area contributed by atoms with Gasteiger partial charge in [-0.25, -0.2) is 13.2 Å². The van der Waals surface area contributed by atoms with Crippen molar-refractivity contribution in [2.75, 3.05) is 10.6 Å². The fourth-order valence-electron chi connectivity index (χ4n) is 4.11. The fourth-order valence-corrected chi connectivity index (χ4v) is 5.42. The highest BCUT2D eigenvalue weighted by atomic mass is 32.2. The van der Waals surface area contributed by atoms with Crippen LogP contribution in [0, 0.1) is 13.8 Å². The van der Waals surface area contributed by atoms with E-state index in [0.29, 0.717) is 11.1 Å². The average Bonchev–Trinajstić information content (AvgIpc) is 2.96. The van der Waals surface area contributed by atoms with Crippen LogP contribution < -0.4 is 15.4 Å². The molecule has 0 aromatic heterocycles. The van der Waals surface area contributed by atoms with Gasteiger partial charge in [-0.05, 0) is 97.8 Å². The molecule has 0 unspecified atom stereocenters. The van der Waals surface area contributed by atoms with Gasteiger partial charge in [0.15, 0.2) is 0 Å². The van der Waals surface area contributed by atoms with Crippen LogP contribution in [0.3, 0.4) is 0 Å². The molecule has 0 fully saturated rings. The topological polar surface area (TPSA) is 196 Å². The summed E-state index contributed by atoms with van der Waals surface area (Å²) in [7, 11) is -4.30. The number of phenols is 2. The molecule has 0 bridgehead atoms. The van der Waals surface area contributed by atoms with Crippen molar-refractivity contribution in [3.8, 4) is 17.2 Å². The number of aryl methyl sites for hydroxylation is 2. The van der Waals surface area contributed by atoms with Crippen molar-refractivity contribution in [2.45, 2.75) is 23.6 Å². The Morgan fingerprint density at radius 3 is 1.65 bits per heavy atom. The summed E-state index contributed by atoms with van der Waals surface area (Å²) in [6.45, 7) is 3.38. The lowest BCUT2D eigenvalue weighted by Gasteiger charge is -2.13. The third-order valence-corrected chi connectivity index (χ3v) is 8.13. The van der Waals surface area contributed by atoms with E-state index >= 15 is 0 Å². The predicted molar refractivity (Wildman–Crippen MR) is 154 cm³/mol. The molecule has 0 saturated carbocycles. The van der Waals surface area contributed by atoms with E-state index in [4.69, 9.17) is 4.74 Å². The molecule has 0 spiro atoms. The van der Waals surface area contributed by atoms with Crippen LogP contribution in [0.15, 0.2) is 82.6 Å². The molecule has 43 heavy (non-hydrogen) atoms. The molecular formula is C30H24N2O10S. The zero-order valence-electron chi connectivity index (χ0n) is 22.6. The Kier molecular flexibility index (Phi) is 8.48. The summed E-state index contributed by atoms with van der Waals surface area (Å²) in [4.78, 5) is 46.8. The highest BCUT2D eigenvalue weighted by molar-refractivity contribution is 7.91. The largest absolute Gasteiger partial charge is 0.506 e. The van der Waals surface area contributed by atoms with Gasteiger partial charge in [0.05, 0.1) is 26.7 Å². The third-order valence-electron chi connectivity index (χ3n) is 6.38. The molecule has 2 amide bonds. The number of amides is 2. The summed E-state index contributed by atoms with van der Waals surface area (Å²) < 4.78 is 31.8. The first-order valence-electron chi connectivity index (χ1n) is 12.4. The number of carbonyl (C=O) groups excluding carboxylic acids is 3. The van der Waals surface area contributed by atoms with Crippen LogP contribution in [0.25, 0.3) is 0 Å². The Hall–Kier alpha value is -5.69. The minimum Gasteiger partial charge on any atom is -0.506 e. The number of hydrogen-bond acceptors (Lipinski definition) is 9. The summed E-state index contributed by atoms with van der Waals surface area (Å²) in [5, 5.41) is 34.7. The zero-order chi connectivity index (χ0) is 31.5. The van der Waals surface area contributed by atoms with Crippen molar-refractivity contribution in [2.24, 2.45) is 0 Å². The smallest absolute Gasteiger partial charge is 0.335 e. The van der Waals surface area contributed by atoms with Crippen LogP contribution in [0.2, 0.25) is 0 Å². The quantitative estimate of drug-likeness (QED) is 0.136. The van der Waals surface area contributed by atoms with Gasteiger partial charge in [-0.1, -0.05) is 0 Å². The van der Waals surface area contributed by atoms with Gasteiger partial charge in [-0.15, -0.1) is 0 Å². The minimum absolute atomic E-state index is 0.00848. The number of sulfone groups is 1. The van der Waals surface area contributed by atoms with Crippen molar-refractivity contribution in [3.05, 3.63) is 101 Å². The number of carboxylic acid groups (broad SMARTS) is 1. The lowest BCUT2D eigenvalue weighted by atomic mass is 10.0. The van der Waals surface area contributed by atoms with Crippen LogP contribution in [-0.2, 0) is 14.6 Å². The van der Waals surface area contributed by atoms with Crippen LogP contribution in [0.5, 0.6) is 17.2 Å². The van der Waals surface area contributed by atoms with Gasteiger partial charge in [0.25, 0.3) is 18.3 Å². The number of carbonyl (C=O) groups is 4. The van der Waals surface area contributed by atoms with Crippen molar-refractivity contribution in [3.63, 3.8) is 0 Å². The Balaban J connectivity index is 1.60. The first kappa shape index (κ1) is 30.3. The Morgan fingerprint density at radius 2 is 1.21 bits per heavy atom. The lowest BCUT2D eigenvalue weighted by Crippen LogP contribution is -2.14. The van der Waals surface area contributed by atoms with Gasteiger partial charge in [0.1, 0.15) is 17.2 Å². The van der Waals surface area contributed by atoms with Gasteiger partial charge in [-0.3, -0.25) is 14.4 Å². The molecular weight excluding hydrogens is 580 g/mol. The molecule has 12 nitrogen and oxygen atoms in total. The number of rotatable bonds is 9. The molecule has 0 saturated heterocycles. The second kappa shape index (κ2) is 12.0. The lowest BCUT2D eigenvalue weighted by molar-refractivity contribution is -0.120. The summed E-state index contributed by atoms with van der Waals surface area (Å²) in [6.07, 6.45) is 0. The highest BCUT2D eigenvalue weighted by Gasteiger charge is 2.23. The molecule has 4 aromatic rings. The van der Waals surface area contributed by atoms with Crippen LogP contribution in [0.4, 0.5) is 11.4 Å². The SMILES string of the molecule is Cc1cc(C(=O)Nc2cc(S(=O)(=O)c3ccc(O)c(NC(=O)c4ccc(C(=O)O)c(C)c4)c3)ccc2O)ccc1OC=O. The molecule has 0 atom stereocenters. The maximum Gasteiger partial charge on any atom is 0.335 e. The Labute approximate surface area is 245 Å². The number of phenolic OH excluding ortho intramolecular Hbond substituents is 2. The van der Waals surface area contributed by atoms with E-state index in [1.807, 2.05) is 0 Å². The number of benzene rings is 4. The predicted octanol–water partition coefficient (Wildman–Crippen LogP) is 4.29. The number of ether oxygens (including phenoxy) is 1. The summed E-state index contributed by atoms with van der Waals surface area (Å²) in [5.74, 6) is -3.14. The fraction of sp³-hybridized carbons (Fsp3) is 0.0667. The molecule has 220 valence electrons. The van der Waals surface area contributed by atoms with E-state index in [-0.39, 0.29) is 50.1 Å². The summed E-state index contributed by atoms with van der Waals surface area (Å²) in [6, 6.07) is 14.6. The molecule has 0 radical (unpaired) electrons. The normalized spacial score (nSPS) is 10.9. The number of carboxylic acids is 1. The monoisotopic (exact) mass is 604 g/mol. The van der Waals surface area contributed by atoms with Crippen molar-refractivity contribution in [1.29, 1.82) is 0 Å². The molecule has 4 rings (SSSR count). The number of nitrogens with one attached hydrogen (secondary N) is 2. The molecule has 0 aliphatic carbocycles. The van der Waals surface area contributed by atoms with Crippen molar-refractivity contribution in [1.82, 2.24) is 0 Å². The van der Waals surface area contributed by atoms with E-state index in [1.165, 1.54) is 43.3 Å². The summed E-state index contributed by atoms with van der Waals surface area (Å²) >= 11 is 0. The van der Waals surface area contributed by atoms with E-state index in [0.717, 1.165) is 36.4 Å². The Morgan fingerprint density at radius 1 is 0.721 bits per heavy atom. The van der Waals surface area contributed by atoms with Gasteiger partial charge in [0, 0.05) is 11.1 Å². The average molecular weight is 605 g/mol. The van der Waals surface area contributed by atoms with Gasteiger partial charge in [0.2, 0.25) is 9.84 Å². The maximum absolute atomic E-state index is 13.5. The standard InChI is InChI=1S/C30H24N2O10S/c1-16-11-18(3-7-22(16)30(38)39)28(36)31-23-13-20(5-8-25(23)34)43(40,41)21-6-9-26(35)24(14-21)32-29(37)19-4-10-27(42-15-33)17(2)12-19/h3-15,34-35H,1-2H3,(H,31,36)(H,32,37)(H,38,39). The molecule has 4 aromatic carbocycles. The van der Waals surface area contributed by atoms with Crippen LogP contribution >= 0.6 is 0 Å². The molecule has 0 aliphatic rings. The second-order valence-corrected chi connectivity index (χ2v) is 11.2.